The molecule has 1 atom stereocenters. The van der Waals surface area contributed by atoms with Crippen LogP contribution in [0.4, 0.5) is 10.5 Å². The Labute approximate surface area is 139 Å². The molecule has 4 rings (SSSR count). The van der Waals surface area contributed by atoms with E-state index in [2.05, 4.69) is 0 Å². The summed E-state index contributed by atoms with van der Waals surface area (Å²) in [6, 6.07) is 12.5. The fourth-order valence-corrected chi connectivity index (χ4v) is 3.63. The van der Waals surface area contributed by atoms with Gasteiger partial charge in [-0.25, -0.2) is 9.69 Å². The second-order valence-corrected chi connectivity index (χ2v) is 6.44. The summed E-state index contributed by atoms with van der Waals surface area (Å²) in [6.45, 7) is 2.34. The highest BCUT2D eigenvalue weighted by molar-refractivity contribution is 6.31. The highest BCUT2D eigenvalue weighted by Gasteiger charge is 2.48. The number of anilines is 1. The first kappa shape index (κ1) is 14.3. The van der Waals surface area contributed by atoms with Crippen LogP contribution >= 0.6 is 11.6 Å². The van der Waals surface area contributed by atoms with Gasteiger partial charge < -0.3 is 4.90 Å². The standard InChI is InChI=1S/C18H15ClN2O2/c1-11-8-14(19)6-7-15(11)21-17(22)16-9-12-4-2-3-5-13(12)10-20(16)18(21)23/h2-8,16H,9-10H2,1H3/t16-/m0/s1. The van der Waals surface area contributed by atoms with Crippen LogP contribution in [0.15, 0.2) is 42.5 Å². The number of carbonyl (C=O) groups excluding carboxylic acids is 2. The molecule has 116 valence electrons. The number of carbonyl (C=O) groups is 2. The van der Waals surface area contributed by atoms with E-state index in [-0.39, 0.29) is 11.9 Å². The fourth-order valence-electron chi connectivity index (χ4n) is 3.41. The Bertz CT molecular complexity index is 791. The van der Waals surface area contributed by atoms with E-state index in [0.717, 1.165) is 16.7 Å². The number of urea groups is 1. The number of benzene rings is 2. The van der Waals surface area contributed by atoms with Crippen LogP contribution in [-0.2, 0) is 17.8 Å². The van der Waals surface area contributed by atoms with Crippen LogP contribution in [0.25, 0.3) is 0 Å². The van der Waals surface area contributed by atoms with Crippen LogP contribution in [0.2, 0.25) is 5.02 Å². The summed E-state index contributed by atoms with van der Waals surface area (Å²) in [7, 11) is 0. The van der Waals surface area contributed by atoms with Crippen molar-refractivity contribution in [3.05, 3.63) is 64.2 Å². The lowest BCUT2D eigenvalue weighted by molar-refractivity contribution is -0.120. The smallest absolute Gasteiger partial charge is 0.307 e. The van der Waals surface area contributed by atoms with Crippen LogP contribution in [0.3, 0.4) is 0 Å². The number of fused-ring (bicyclic) bond motifs is 2. The summed E-state index contributed by atoms with van der Waals surface area (Å²) in [6.07, 6.45) is 0.573. The summed E-state index contributed by atoms with van der Waals surface area (Å²) in [5, 5.41) is 0.593. The Hall–Kier alpha value is -2.33. The molecular formula is C18H15ClN2O2. The number of nitrogens with zero attached hydrogens (tertiary/aromatic N) is 2. The monoisotopic (exact) mass is 326 g/mol. The minimum atomic E-state index is -0.410. The summed E-state index contributed by atoms with van der Waals surface area (Å²) < 4.78 is 0. The van der Waals surface area contributed by atoms with Gasteiger partial charge in [-0.2, -0.15) is 0 Å². The molecule has 2 aliphatic rings. The van der Waals surface area contributed by atoms with Gasteiger partial charge in [-0.3, -0.25) is 4.79 Å². The number of halogens is 1. The summed E-state index contributed by atoms with van der Waals surface area (Å²) in [5.41, 5.74) is 3.68. The quantitative estimate of drug-likeness (QED) is 0.752. The van der Waals surface area contributed by atoms with Crippen molar-refractivity contribution in [2.45, 2.75) is 25.9 Å². The normalized spacial score (nSPS) is 19.8. The molecule has 0 radical (unpaired) electrons. The van der Waals surface area contributed by atoms with Crippen molar-refractivity contribution < 1.29 is 9.59 Å². The molecule has 1 saturated heterocycles. The number of hydrogen-bond acceptors (Lipinski definition) is 2. The van der Waals surface area contributed by atoms with E-state index in [1.54, 1.807) is 23.1 Å². The molecule has 0 bridgehead atoms. The maximum Gasteiger partial charge on any atom is 0.332 e. The van der Waals surface area contributed by atoms with Gasteiger partial charge in [0.25, 0.3) is 5.91 Å². The number of rotatable bonds is 1. The number of hydrogen-bond donors (Lipinski definition) is 0. The predicted molar refractivity (Wildman–Crippen MR) is 88.5 cm³/mol. The van der Waals surface area contributed by atoms with Gasteiger partial charge in [-0.15, -0.1) is 0 Å². The molecule has 0 saturated carbocycles. The molecule has 0 aliphatic carbocycles. The number of amides is 3. The Morgan fingerprint density at radius 1 is 1.09 bits per heavy atom. The second-order valence-electron chi connectivity index (χ2n) is 6.00. The van der Waals surface area contributed by atoms with Gasteiger partial charge in [0.2, 0.25) is 0 Å². The molecule has 23 heavy (non-hydrogen) atoms. The molecule has 2 heterocycles. The van der Waals surface area contributed by atoms with Crippen molar-refractivity contribution in [2.75, 3.05) is 4.90 Å². The lowest BCUT2D eigenvalue weighted by atomic mass is 9.95. The van der Waals surface area contributed by atoms with E-state index in [0.29, 0.717) is 23.7 Å². The average Bonchev–Trinajstić information content (AvgIpc) is 2.77. The third kappa shape index (κ3) is 2.13. The van der Waals surface area contributed by atoms with Gasteiger partial charge in [0.05, 0.1) is 5.69 Å². The van der Waals surface area contributed by atoms with Gasteiger partial charge >= 0.3 is 6.03 Å². The molecule has 2 aliphatic heterocycles. The van der Waals surface area contributed by atoms with Crippen LogP contribution in [-0.4, -0.2) is 22.9 Å². The minimum absolute atomic E-state index is 0.157. The first-order valence-corrected chi connectivity index (χ1v) is 7.91. The van der Waals surface area contributed by atoms with Gasteiger partial charge in [0.1, 0.15) is 6.04 Å². The highest BCUT2D eigenvalue weighted by Crippen LogP contribution is 2.34. The van der Waals surface area contributed by atoms with Crippen LogP contribution in [0, 0.1) is 6.92 Å². The third-order valence-electron chi connectivity index (χ3n) is 4.59. The molecule has 0 spiro atoms. The van der Waals surface area contributed by atoms with Crippen LogP contribution in [0.1, 0.15) is 16.7 Å². The molecule has 2 aromatic carbocycles. The highest BCUT2D eigenvalue weighted by atomic mass is 35.5. The van der Waals surface area contributed by atoms with Crippen molar-refractivity contribution in [3.63, 3.8) is 0 Å². The maximum atomic E-state index is 12.8. The molecule has 1 fully saturated rings. The average molecular weight is 327 g/mol. The molecule has 2 aromatic rings. The van der Waals surface area contributed by atoms with Gasteiger partial charge in [0.15, 0.2) is 0 Å². The topological polar surface area (TPSA) is 40.6 Å². The Balaban J connectivity index is 1.74. The first-order valence-electron chi connectivity index (χ1n) is 7.54. The van der Waals surface area contributed by atoms with E-state index in [1.165, 1.54) is 4.90 Å². The summed E-state index contributed by atoms with van der Waals surface area (Å²) >= 11 is 5.98. The van der Waals surface area contributed by atoms with Crippen molar-refractivity contribution in [1.82, 2.24) is 4.90 Å². The van der Waals surface area contributed by atoms with Crippen molar-refractivity contribution in [1.29, 1.82) is 0 Å². The summed E-state index contributed by atoms with van der Waals surface area (Å²) in [5.74, 6) is -0.157. The van der Waals surface area contributed by atoms with Gasteiger partial charge in [-0.1, -0.05) is 35.9 Å². The van der Waals surface area contributed by atoms with E-state index in [9.17, 15) is 9.59 Å². The molecule has 0 aromatic heterocycles. The zero-order chi connectivity index (χ0) is 16.1. The van der Waals surface area contributed by atoms with Crippen LogP contribution < -0.4 is 4.90 Å². The molecule has 0 unspecified atom stereocenters. The van der Waals surface area contributed by atoms with E-state index in [4.69, 9.17) is 11.6 Å². The minimum Gasteiger partial charge on any atom is -0.307 e. The Morgan fingerprint density at radius 2 is 1.83 bits per heavy atom. The Morgan fingerprint density at radius 3 is 2.57 bits per heavy atom. The zero-order valence-corrected chi connectivity index (χ0v) is 13.4. The second kappa shape index (κ2) is 5.10. The van der Waals surface area contributed by atoms with Crippen molar-refractivity contribution in [3.8, 4) is 0 Å². The molecule has 0 N–H and O–H groups in total. The Kier molecular flexibility index (Phi) is 3.16. The lowest BCUT2D eigenvalue weighted by Crippen LogP contribution is -2.39. The SMILES string of the molecule is Cc1cc(Cl)ccc1N1C(=O)[C@@H]2Cc3ccccc3CN2C1=O. The van der Waals surface area contributed by atoms with Gasteiger partial charge in [0, 0.05) is 18.0 Å². The zero-order valence-electron chi connectivity index (χ0n) is 12.6. The van der Waals surface area contributed by atoms with E-state index >= 15 is 0 Å². The van der Waals surface area contributed by atoms with Crippen molar-refractivity contribution >= 4 is 29.2 Å². The third-order valence-corrected chi connectivity index (χ3v) is 4.83. The van der Waals surface area contributed by atoms with Crippen LogP contribution in [0.5, 0.6) is 0 Å². The molecule has 3 amide bonds. The molecule has 5 heteroatoms. The van der Waals surface area contributed by atoms with Crippen molar-refractivity contribution in [2.24, 2.45) is 0 Å². The fraction of sp³-hybridized carbons (Fsp3) is 0.222. The molecular weight excluding hydrogens is 312 g/mol. The largest absolute Gasteiger partial charge is 0.332 e. The molecule has 4 nitrogen and oxygen atoms in total. The first-order chi connectivity index (χ1) is 11.1. The van der Waals surface area contributed by atoms with E-state index in [1.807, 2.05) is 31.2 Å². The maximum absolute atomic E-state index is 12.8. The summed E-state index contributed by atoms with van der Waals surface area (Å²) in [4.78, 5) is 28.6. The number of imide groups is 1. The predicted octanol–water partition coefficient (Wildman–Crippen LogP) is 3.54. The van der Waals surface area contributed by atoms with E-state index < -0.39 is 6.04 Å². The lowest BCUT2D eigenvalue weighted by Gasteiger charge is -2.28. The van der Waals surface area contributed by atoms with Gasteiger partial charge in [-0.05, 0) is 41.8 Å². The number of aryl methyl sites for hydroxylation is 1.